The molecule has 3 N–H and O–H groups in total. The molecule has 1 amide bonds. The Morgan fingerprint density at radius 3 is 2.53 bits per heavy atom. The summed E-state index contributed by atoms with van der Waals surface area (Å²) in [7, 11) is 0. The monoisotopic (exact) mass is 212 g/mol. The Morgan fingerprint density at radius 1 is 1.40 bits per heavy atom. The number of amides is 1. The van der Waals surface area contributed by atoms with Crippen LogP contribution < -0.4 is 11.1 Å². The molecule has 1 rings (SSSR count). The summed E-state index contributed by atoms with van der Waals surface area (Å²) in [5.41, 5.74) is 5.82. The van der Waals surface area contributed by atoms with Gasteiger partial charge in [-0.3, -0.25) is 4.79 Å². The Hall–Kier alpha value is -0.570. The first kappa shape index (κ1) is 12.5. The second kappa shape index (κ2) is 5.50. The van der Waals surface area contributed by atoms with Gasteiger partial charge in [-0.2, -0.15) is 0 Å². The standard InChI is InChI=1S/C12H24N2O/c1-12(2)6-3-10(4-7-12)9-14-11(15)5-8-13/h10H,3-9,13H2,1-2H3,(H,14,15). The molecule has 0 spiro atoms. The summed E-state index contributed by atoms with van der Waals surface area (Å²) in [4.78, 5) is 11.2. The summed E-state index contributed by atoms with van der Waals surface area (Å²) < 4.78 is 0. The van der Waals surface area contributed by atoms with E-state index in [0.29, 0.717) is 24.3 Å². The van der Waals surface area contributed by atoms with Crippen LogP contribution >= 0.6 is 0 Å². The van der Waals surface area contributed by atoms with E-state index in [9.17, 15) is 4.79 Å². The van der Waals surface area contributed by atoms with Gasteiger partial charge in [0.25, 0.3) is 0 Å². The van der Waals surface area contributed by atoms with Crippen molar-refractivity contribution in [1.29, 1.82) is 0 Å². The average Bonchev–Trinajstić information content (AvgIpc) is 2.17. The lowest BCUT2D eigenvalue weighted by atomic mass is 9.73. The minimum atomic E-state index is 0.0994. The second-order valence-electron chi connectivity index (χ2n) is 5.45. The lowest BCUT2D eigenvalue weighted by Crippen LogP contribution is -2.33. The molecule has 1 saturated carbocycles. The van der Waals surface area contributed by atoms with E-state index in [0.717, 1.165) is 6.54 Å². The number of hydrogen-bond acceptors (Lipinski definition) is 2. The van der Waals surface area contributed by atoms with Crippen LogP contribution in [0.25, 0.3) is 0 Å². The molecule has 1 aliphatic carbocycles. The minimum Gasteiger partial charge on any atom is -0.356 e. The normalized spacial score (nSPS) is 21.3. The largest absolute Gasteiger partial charge is 0.356 e. The van der Waals surface area contributed by atoms with E-state index >= 15 is 0 Å². The van der Waals surface area contributed by atoms with Crippen molar-refractivity contribution in [2.75, 3.05) is 13.1 Å². The van der Waals surface area contributed by atoms with Crippen LogP contribution in [0.1, 0.15) is 46.0 Å². The molecular formula is C12H24N2O. The molecule has 0 heterocycles. The van der Waals surface area contributed by atoms with Crippen molar-refractivity contribution in [2.45, 2.75) is 46.0 Å². The molecular weight excluding hydrogens is 188 g/mol. The van der Waals surface area contributed by atoms with Crippen LogP contribution in [0, 0.1) is 11.3 Å². The summed E-state index contributed by atoms with van der Waals surface area (Å²) in [5.74, 6) is 0.780. The van der Waals surface area contributed by atoms with Gasteiger partial charge in [0.15, 0.2) is 0 Å². The molecule has 0 saturated heterocycles. The zero-order valence-electron chi connectivity index (χ0n) is 10.0. The Kier molecular flexibility index (Phi) is 4.58. The van der Waals surface area contributed by atoms with Gasteiger partial charge in [0.1, 0.15) is 0 Å². The summed E-state index contributed by atoms with van der Waals surface area (Å²) in [5, 5.41) is 2.96. The van der Waals surface area contributed by atoms with Gasteiger partial charge >= 0.3 is 0 Å². The maximum atomic E-state index is 11.2. The first-order valence-electron chi connectivity index (χ1n) is 6.00. The molecule has 0 bridgehead atoms. The predicted molar refractivity (Wildman–Crippen MR) is 62.4 cm³/mol. The van der Waals surface area contributed by atoms with Crippen molar-refractivity contribution in [1.82, 2.24) is 5.32 Å². The maximum absolute atomic E-state index is 11.2. The number of nitrogens with one attached hydrogen (secondary N) is 1. The van der Waals surface area contributed by atoms with Gasteiger partial charge in [0.05, 0.1) is 0 Å². The third kappa shape index (κ3) is 4.65. The number of hydrogen-bond donors (Lipinski definition) is 2. The molecule has 1 fully saturated rings. The van der Waals surface area contributed by atoms with Gasteiger partial charge in [-0.05, 0) is 37.0 Å². The summed E-state index contributed by atoms with van der Waals surface area (Å²) in [6, 6.07) is 0. The maximum Gasteiger partial charge on any atom is 0.221 e. The molecule has 3 nitrogen and oxygen atoms in total. The third-order valence-corrected chi connectivity index (χ3v) is 3.42. The van der Waals surface area contributed by atoms with Crippen molar-refractivity contribution >= 4 is 5.91 Å². The summed E-state index contributed by atoms with van der Waals surface area (Å²) >= 11 is 0. The van der Waals surface area contributed by atoms with Crippen LogP contribution in [-0.4, -0.2) is 19.0 Å². The molecule has 88 valence electrons. The van der Waals surface area contributed by atoms with Gasteiger partial charge in [-0.1, -0.05) is 13.8 Å². The van der Waals surface area contributed by atoms with Crippen molar-refractivity contribution in [3.8, 4) is 0 Å². The highest BCUT2D eigenvalue weighted by Crippen LogP contribution is 2.37. The summed E-state index contributed by atoms with van der Waals surface area (Å²) in [6.45, 7) is 5.95. The first-order chi connectivity index (χ1) is 7.03. The lowest BCUT2D eigenvalue weighted by molar-refractivity contribution is -0.121. The highest BCUT2D eigenvalue weighted by atomic mass is 16.1. The van der Waals surface area contributed by atoms with Crippen molar-refractivity contribution < 1.29 is 4.79 Å². The number of rotatable bonds is 4. The third-order valence-electron chi connectivity index (χ3n) is 3.42. The van der Waals surface area contributed by atoms with Gasteiger partial charge in [-0.25, -0.2) is 0 Å². The fourth-order valence-electron chi connectivity index (χ4n) is 2.14. The van der Waals surface area contributed by atoms with E-state index in [-0.39, 0.29) is 5.91 Å². The van der Waals surface area contributed by atoms with Crippen molar-refractivity contribution in [3.05, 3.63) is 0 Å². The van der Waals surface area contributed by atoms with Gasteiger partial charge in [-0.15, -0.1) is 0 Å². The molecule has 0 aromatic rings. The Bertz CT molecular complexity index is 204. The van der Waals surface area contributed by atoms with E-state index in [1.54, 1.807) is 0 Å². The Labute approximate surface area is 92.8 Å². The predicted octanol–water partition coefficient (Wildman–Crippen LogP) is 1.67. The Balaban J connectivity index is 2.16. The first-order valence-corrected chi connectivity index (χ1v) is 6.00. The highest BCUT2D eigenvalue weighted by Gasteiger charge is 2.26. The molecule has 3 heteroatoms. The Morgan fingerprint density at radius 2 is 2.00 bits per heavy atom. The highest BCUT2D eigenvalue weighted by molar-refractivity contribution is 5.75. The topological polar surface area (TPSA) is 55.1 Å². The van der Waals surface area contributed by atoms with Crippen LogP contribution in [-0.2, 0) is 4.79 Å². The van der Waals surface area contributed by atoms with E-state index in [1.165, 1.54) is 25.7 Å². The number of nitrogens with two attached hydrogens (primary N) is 1. The van der Waals surface area contributed by atoms with E-state index < -0.39 is 0 Å². The molecule has 0 aliphatic heterocycles. The molecule has 0 aromatic carbocycles. The molecule has 1 aliphatic rings. The van der Waals surface area contributed by atoms with Crippen LogP contribution in [0.2, 0.25) is 0 Å². The van der Waals surface area contributed by atoms with Crippen LogP contribution in [0.5, 0.6) is 0 Å². The SMILES string of the molecule is CC1(C)CCC(CNC(=O)CCN)CC1. The second-order valence-corrected chi connectivity index (χ2v) is 5.45. The van der Waals surface area contributed by atoms with E-state index in [2.05, 4.69) is 19.2 Å². The van der Waals surface area contributed by atoms with Gasteiger partial charge in [0.2, 0.25) is 5.91 Å². The molecule has 0 aromatic heterocycles. The van der Waals surface area contributed by atoms with Crippen LogP contribution in [0.4, 0.5) is 0 Å². The smallest absolute Gasteiger partial charge is 0.221 e. The zero-order chi connectivity index (χ0) is 11.3. The van der Waals surface area contributed by atoms with Crippen LogP contribution in [0.3, 0.4) is 0 Å². The fourth-order valence-corrected chi connectivity index (χ4v) is 2.14. The molecule has 0 atom stereocenters. The number of carbonyl (C=O) groups excluding carboxylic acids is 1. The lowest BCUT2D eigenvalue weighted by Gasteiger charge is -2.34. The fraction of sp³-hybridized carbons (Fsp3) is 0.917. The van der Waals surface area contributed by atoms with Crippen LogP contribution in [0.15, 0.2) is 0 Å². The van der Waals surface area contributed by atoms with Gasteiger partial charge in [0, 0.05) is 19.5 Å². The molecule has 15 heavy (non-hydrogen) atoms. The average molecular weight is 212 g/mol. The molecule has 0 unspecified atom stereocenters. The van der Waals surface area contributed by atoms with Crippen molar-refractivity contribution in [3.63, 3.8) is 0 Å². The van der Waals surface area contributed by atoms with E-state index in [4.69, 9.17) is 5.73 Å². The van der Waals surface area contributed by atoms with Gasteiger partial charge < -0.3 is 11.1 Å². The minimum absolute atomic E-state index is 0.0994. The quantitative estimate of drug-likeness (QED) is 0.744. The summed E-state index contributed by atoms with van der Waals surface area (Å²) in [6.07, 6.45) is 5.51. The number of carbonyl (C=O) groups is 1. The molecule has 0 radical (unpaired) electrons. The zero-order valence-corrected chi connectivity index (χ0v) is 10.0. The van der Waals surface area contributed by atoms with E-state index in [1.807, 2.05) is 0 Å². The van der Waals surface area contributed by atoms with Crippen molar-refractivity contribution in [2.24, 2.45) is 17.1 Å².